The SMILES string of the molecule is CCCC(=O)N(c1cccc(CC)c1)C(C)CC. The monoisotopic (exact) mass is 247 g/mol. The lowest BCUT2D eigenvalue weighted by molar-refractivity contribution is -0.119. The van der Waals surface area contributed by atoms with Crippen molar-refractivity contribution < 1.29 is 4.79 Å². The van der Waals surface area contributed by atoms with Crippen LogP contribution in [0.5, 0.6) is 0 Å². The Kier molecular flexibility index (Phi) is 5.90. The van der Waals surface area contributed by atoms with Crippen molar-refractivity contribution >= 4 is 11.6 Å². The molecule has 1 aromatic carbocycles. The molecule has 1 aromatic rings. The Morgan fingerprint density at radius 2 is 2.00 bits per heavy atom. The van der Waals surface area contributed by atoms with E-state index in [2.05, 4.69) is 39.8 Å². The van der Waals surface area contributed by atoms with Gasteiger partial charge in [0.1, 0.15) is 0 Å². The highest BCUT2D eigenvalue weighted by atomic mass is 16.2. The minimum Gasteiger partial charge on any atom is -0.310 e. The number of benzene rings is 1. The van der Waals surface area contributed by atoms with Crippen molar-refractivity contribution in [1.82, 2.24) is 0 Å². The summed E-state index contributed by atoms with van der Waals surface area (Å²) in [4.78, 5) is 14.2. The van der Waals surface area contributed by atoms with Crippen LogP contribution in [0.3, 0.4) is 0 Å². The van der Waals surface area contributed by atoms with Gasteiger partial charge in [0, 0.05) is 18.2 Å². The summed E-state index contributed by atoms with van der Waals surface area (Å²) in [7, 11) is 0. The summed E-state index contributed by atoms with van der Waals surface area (Å²) in [5.74, 6) is 0.236. The van der Waals surface area contributed by atoms with E-state index in [4.69, 9.17) is 0 Å². The lowest BCUT2D eigenvalue weighted by Gasteiger charge is -2.29. The van der Waals surface area contributed by atoms with E-state index in [0.717, 1.165) is 24.9 Å². The molecule has 0 aliphatic carbocycles. The third-order valence-corrected chi connectivity index (χ3v) is 3.36. The summed E-state index contributed by atoms with van der Waals surface area (Å²) in [5.41, 5.74) is 2.33. The van der Waals surface area contributed by atoms with E-state index in [1.807, 2.05) is 17.0 Å². The van der Waals surface area contributed by atoms with Crippen LogP contribution in [-0.4, -0.2) is 11.9 Å². The van der Waals surface area contributed by atoms with E-state index in [0.29, 0.717) is 6.42 Å². The molecule has 0 bridgehead atoms. The Hall–Kier alpha value is -1.31. The fourth-order valence-electron chi connectivity index (χ4n) is 2.09. The zero-order valence-electron chi connectivity index (χ0n) is 12.1. The Morgan fingerprint density at radius 3 is 2.56 bits per heavy atom. The molecule has 1 amide bonds. The predicted molar refractivity (Wildman–Crippen MR) is 78.0 cm³/mol. The maximum absolute atomic E-state index is 12.3. The zero-order chi connectivity index (χ0) is 13.5. The predicted octanol–water partition coefficient (Wildman–Crippen LogP) is 4.18. The number of carbonyl (C=O) groups excluding carboxylic acids is 1. The van der Waals surface area contributed by atoms with E-state index >= 15 is 0 Å². The van der Waals surface area contributed by atoms with Gasteiger partial charge in [0.05, 0.1) is 0 Å². The topological polar surface area (TPSA) is 20.3 Å². The lowest BCUT2D eigenvalue weighted by atomic mass is 10.1. The number of rotatable bonds is 6. The Morgan fingerprint density at radius 1 is 1.28 bits per heavy atom. The highest BCUT2D eigenvalue weighted by Crippen LogP contribution is 2.22. The molecule has 100 valence electrons. The van der Waals surface area contributed by atoms with Crippen LogP contribution in [-0.2, 0) is 11.2 Å². The minimum atomic E-state index is 0.236. The van der Waals surface area contributed by atoms with Gasteiger partial charge in [-0.1, -0.05) is 32.9 Å². The lowest BCUT2D eigenvalue weighted by Crippen LogP contribution is -2.38. The van der Waals surface area contributed by atoms with E-state index in [1.165, 1.54) is 5.56 Å². The molecule has 0 radical (unpaired) electrons. The number of nitrogens with zero attached hydrogens (tertiary/aromatic N) is 1. The number of aryl methyl sites for hydroxylation is 1. The standard InChI is InChI=1S/C16H25NO/c1-5-9-16(18)17(13(4)6-2)15-11-8-10-14(7-3)12-15/h8,10-13H,5-7,9H2,1-4H3. The van der Waals surface area contributed by atoms with E-state index in [1.54, 1.807) is 0 Å². The molecule has 0 saturated heterocycles. The summed E-state index contributed by atoms with van der Waals surface area (Å²) in [6.07, 6.45) is 3.51. The first-order chi connectivity index (χ1) is 8.63. The van der Waals surface area contributed by atoms with Gasteiger partial charge in [-0.05, 0) is 43.9 Å². The van der Waals surface area contributed by atoms with Gasteiger partial charge in [-0.25, -0.2) is 0 Å². The van der Waals surface area contributed by atoms with E-state index < -0.39 is 0 Å². The van der Waals surface area contributed by atoms with Gasteiger partial charge < -0.3 is 4.90 Å². The van der Waals surface area contributed by atoms with Gasteiger partial charge in [0.15, 0.2) is 0 Å². The summed E-state index contributed by atoms with van der Waals surface area (Å²) in [6.45, 7) is 8.43. The van der Waals surface area contributed by atoms with Crippen LogP contribution >= 0.6 is 0 Å². The first-order valence-electron chi connectivity index (χ1n) is 7.04. The van der Waals surface area contributed by atoms with Crippen LogP contribution in [0.25, 0.3) is 0 Å². The van der Waals surface area contributed by atoms with Crippen molar-refractivity contribution in [1.29, 1.82) is 0 Å². The molecule has 0 aliphatic rings. The number of anilines is 1. The minimum absolute atomic E-state index is 0.236. The van der Waals surface area contributed by atoms with E-state index in [9.17, 15) is 4.79 Å². The summed E-state index contributed by atoms with van der Waals surface area (Å²) < 4.78 is 0. The van der Waals surface area contributed by atoms with Crippen molar-refractivity contribution in [3.63, 3.8) is 0 Å². The Balaban J connectivity index is 3.04. The molecule has 0 saturated carbocycles. The Labute approximate surface area is 111 Å². The second-order valence-electron chi connectivity index (χ2n) is 4.79. The zero-order valence-corrected chi connectivity index (χ0v) is 12.1. The molecule has 0 heterocycles. The second kappa shape index (κ2) is 7.20. The second-order valence-corrected chi connectivity index (χ2v) is 4.79. The van der Waals surface area contributed by atoms with Gasteiger partial charge in [-0.3, -0.25) is 4.79 Å². The van der Waals surface area contributed by atoms with Gasteiger partial charge in [0.25, 0.3) is 0 Å². The molecule has 2 nitrogen and oxygen atoms in total. The van der Waals surface area contributed by atoms with Crippen LogP contribution in [0.4, 0.5) is 5.69 Å². The van der Waals surface area contributed by atoms with Gasteiger partial charge >= 0.3 is 0 Å². The molecule has 1 atom stereocenters. The molecule has 0 N–H and O–H groups in total. The molecule has 1 rings (SSSR count). The number of hydrogen-bond donors (Lipinski definition) is 0. The smallest absolute Gasteiger partial charge is 0.227 e. The van der Waals surface area contributed by atoms with Crippen LogP contribution in [0.2, 0.25) is 0 Å². The fourth-order valence-corrected chi connectivity index (χ4v) is 2.09. The van der Waals surface area contributed by atoms with Crippen molar-refractivity contribution in [3.8, 4) is 0 Å². The molecule has 0 aliphatic heterocycles. The molecule has 1 unspecified atom stereocenters. The van der Waals surface area contributed by atoms with Crippen molar-refractivity contribution in [2.75, 3.05) is 4.90 Å². The largest absolute Gasteiger partial charge is 0.310 e. The molecule has 0 aromatic heterocycles. The van der Waals surface area contributed by atoms with E-state index in [-0.39, 0.29) is 11.9 Å². The van der Waals surface area contributed by atoms with Crippen molar-refractivity contribution in [2.45, 2.75) is 59.4 Å². The summed E-state index contributed by atoms with van der Waals surface area (Å²) >= 11 is 0. The molecule has 18 heavy (non-hydrogen) atoms. The number of carbonyl (C=O) groups is 1. The molecule has 0 fully saturated rings. The van der Waals surface area contributed by atoms with Crippen LogP contribution < -0.4 is 4.90 Å². The van der Waals surface area contributed by atoms with Gasteiger partial charge in [-0.15, -0.1) is 0 Å². The normalized spacial score (nSPS) is 12.2. The maximum atomic E-state index is 12.3. The number of hydrogen-bond acceptors (Lipinski definition) is 1. The summed E-state index contributed by atoms with van der Waals surface area (Å²) in [6, 6.07) is 8.60. The van der Waals surface area contributed by atoms with Crippen LogP contribution in [0, 0.1) is 0 Å². The van der Waals surface area contributed by atoms with Gasteiger partial charge in [-0.2, -0.15) is 0 Å². The average Bonchev–Trinajstić information content (AvgIpc) is 2.39. The molecular weight excluding hydrogens is 222 g/mol. The maximum Gasteiger partial charge on any atom is 0.227 e. The average molecular weight is 247 g/mol. The molecule has 2 heteroatoms. The van der Waals surface area contributed by atoms with Crippen LogP contribution in [0.1, 0.15) is 52.5 Å². The third-order valence-electron chi connectivity index (χ3n) is 3.36. The highest BCUT2D eigenvalue weighted by molar-refractivity contribution is 5.93. The quantitative estimate of drug-likeness (QED) is 0.738. The van der Waals surface area contributed by atoms with Gasteiger partial charge in [0.2, 0.25) is 5.91 Å². The number of amides is 1. The first kappa shape index (κ1) is 14.7. The third kappa shape index (κ3) is 3.59. The fraction of sp³-hybridized carbons (Fsp3) is 0.562. The molecular formula is C16H25NO. The highest BCUT2D eigenvalue weighted by Gasteiger charge is 2.19. The Bertz CT molecular complexity index is 386. The summed E-state index contributed by atoms with van der Waals surface area (Å²) in [5, 5.41) is 0. The van der Waals surface area contributed by atoms with Crippen molar-refractivity contribution in [2.24, 2.45) is 0 Å². The van der Waals surface area contributed by atoms with Crippen LogP contribution in [0.15, 0.2) is 24.3 Å². The molecule has 0 spiro atoms. The first-order valence-corrected chi connectivity index (χ1v) is 7.04. The van der Waals surface area contributed by atoms with Crippen molar-refractivity contribution in [3.05, 3.63) is 29.8 Å².